The Morgan fingerprint density at radius 1 is 1.00 bits per heavy atom. The highest BCUT2D eigenvalue weighted by Gasteiger charge is 2.43. The lowest BCUT2D eigenvalue weighted by molar-refractivity contribution is -0.137. The van der Waals surface area contributed by atoms with E-state index in [1.807, 2.05) is 6.92 Å². The minimum atomic E-state index is -4.53. The van der Waals surface area contributed by atoms with Crippen LogP contribution in [-0.4, -0.2) is 26.3 Å². The van der Waals surface area contributed by atoms with E-state index < -0.39 is 46.0 Å². The first-order valence-corrected chi connectivity index (χ1v) is 12.7. The van der Waals surface area contributed by atoms with Gasteiger partial charge in [-0.1, -0.05) is 29.8 Å². The third-order valence-corrected chi connectivity index (χ3v) is 8.11. The topological polar surface area (TPSA) is 95.6 Å². The summed E-state index contributed by atoms with van der Waals surface area (Å²) in [5, 5.41) is 5.09. The molecule has 1 atom stereocenters. The first-order chi connectivity index (χ1) is 17.3. The molecule has 4 rings (SSSR count). The molecule has 0 saturated heterocycles. The van der Waals surface area contributed by atoms with Crippen LogP contribution in [-0.2, 0) is 25.8 Å². The monoisotopic (exact) mass is 531 g/mol. The standard InChI is InChI=1S/C26H24F3N3O4S/c1-15-12-16(2)24(17(3)13-15)37(35,36)32-21-7-5-4-6-20(21)31-25(34)22(32)14-23(33)30-19-10-8-18(9-11-19)26(27,28)29/h4-13,22H,14H2,1-3H3,(H,30,33)(H,31,34). The van der Waals surface area contributed by atoms with E-state index in [2.05, 4.69) is 10.6 Å². The van der Waals surface area contributed by atoms with Gasteiger partial charge in [0.1, 0.15) is 6.04 Å². The van der Waals surface area contributed by atoms with Gasteiger partial charge in [0.05, 0.1) is 28.3 Å². The second-order valence-electron chi connectivity index (χ2n) is 8.88. The largest absolute Gasteiger partial charge is 0.416 e. The van der Waals surface area contributed by atoms with Crippen LogP contribution in [0, 0.1) is 20.8 Å². The highest BCUT2D eigenvalue weighted by Crippen LogP contribution is 2.39. The van der Waals surface area contributed by atoms with E-state index in [9.17, 15) is 31.2 Å². The summed E-state index contributed by atoms with van der Waals surface area (Å²) in [6.07, 6.45) is -5.10. The van der Waals surface area contributed by atoms with Crippen molar-refractivity contribution in [3.05, 3.63) is 82.9 Å². The maximum atomic E-state index is 14.0. The van der Waals surface area contributed by atoms with Crippen LogP contribution >= 0.6 is 0 Å². The molecule has 3 aromatic carbocycles. The van der Waals surface area contributed by atoms with Crippen LogP contribution in [0.5, 0.6) is 0 Å². The predicted molar refractivity (Wildman–Crippen MR) is 134 cm³/mol. The van der Waals surface area contributed by atoms with Gasteiger partial charge in [-0.15, -0.1) is 0 Å². The van der Waals surface area contributed by atoms with Gasteiger partial charge in [0.25, 0.3) is 10.0 Å². The van der Waals surface area contributed by atoms with Gasteiger partial charge >= 0.3 is 6.18 Å². The fraction of sp³-hybridized carbons (Fsp3) is 0.231. The fourth-order valence-electron chi connectivity index (χ4n) is 4.54. The average molecular weight is 532 g/mol. The number of alkyl halides is 3. The lowest BCUT2D eigenvalue weighted by Gasteiger charge is -2.37. The van der Waals surface area contributed by atoms with E-state index in [1.165, 1.54) is 6.07 Å². The maximum Gasteiger partial charge on any atom is 0.416 e. The Kier molecular flexibility index (Phi) is 6.76. The predicted octanol–water partition coefficient (Wildman–Crippen LogP) is 5.18. The number of carbonyl (C=O) groups is 2. The molecule has 0 radical (unpaired) electrons. The molecule has 0 aliphatic carbocycles. The summed E-state index contributed by atoms with van der Waals surface area (Å²) in [6, 6.07) is 12.2. The van der Waals surface area contributed by atoms with Gasteiger partial charge in [-0.05, 0) is 68.3 Å². The van der Waals surface area contributed by atoms with Crippen molar-refractivity contribution in [1.82, 2.24) is 0 Å². The van der Waals surface area contributed by atoms with E-state index >= 15 is 0 Å². The Hall–Kier alpha value is -3.86. The number of anilines is 3. The molecular weight excluding hydrogens is 507 g/mol. The molecule has 0 spiro atoms. The number of fused-ring (bicyclic) bond motifs is 1. The van der Waals surface area contributed by atoms with Crippen LogP contribution in [0.1, 0.15) is 28.7 Å². The number of nitrogens with one attached hydrogen (secondary N) is 2. The number of amides is 2. The summed E-state index contributed by atoms with van der Waals surface area (Å²) < 4.78 is 67.5. The number of hydrogen-bond acceptors (Lipinski definition) is 4. The van der Waals surface area contributed by atoms with Gasteiger partial charge in [-0.3, -0.25) is 13.9 Å². The number of benzene rings is 3. The van der Waals surface area contributed by atoms with Gasteiger partial charge < -0.3 is 10.6 Å². The number of para-hydroxylation sites is 2. The summed E-state index contributed by atoms with van der Waals surface area (Å²) >= 11 is 0. The number of carbonyl (C=O) groups excluding carboxylic acids is 2. The minimum absolute atomic E-state index is 0.0377. The summed E-state index contributed by atoms with van der Waals surface area (Å²) in [4.78, 5) is 26.0. The molecule has 1 aliphatic heterocycles. The lowest BCUT2D eigenvalue weighted by atomic mass is 10.1. The smallest absolute Gasteiger partial charge is 0.326 e. The van der Waals surface area contributed by atoms with Gasteiger partial charge in [-0.2, -0.15) is 13.2 Å². The van der Waals surface area contributed by atoms with Gasteiger partial charge in [0, 0.05) is 5.69 Å². The van der Waals surface area contributed by atoms with Crippen LogP contribution in [0.25, 0.3) is 0 Å². The SMILES string of the molecule is Cc1cc(C)c(S(=O)(=O)N2c3ccccc3NC(=O)C2CC(=O)Nc2ccc(C(F)(F)F)cc2)c(C)c1. The first-order valence-electron chi connectivity index (χ1n) is 11.3. The van der Waals surface area contributed by atoms with Crippen LogP contribution in [0.2, 0.25) is 0 Å². The molecule has 0 fully saturated rings. The number of aryl methyl sites for hydroxylation is 3. The van der Waals surface area contributed by atoms with E-state index in [4.69, 9.17) is 0 Å². The molecule has 2 N–H and O–H groups in total. The Morgan fingerprint density at radius 2 is 1.59 bits per heavy atom. The zero-order chi connectivity index (χ0) is 27.1. The van der Waals surface area contributed by atoms with E-state index in [0.29, 0.717) is 11.1 Å². The average Bonchev–Trinajstić information content (AvgIpc) is 2.78. The second kappa shape index (κ2) is 9.55. The minimum Gasteiger partial charge on any atom is -0.326 e. The third-order valence-electron chi connectivity index (χ3n) is 5.98. The molecule has 1 heterocycles. The number of halogens is 3. The first kappa shape index (κ1) is 26.2. The van der Waals surface area contributed by atoms with Crippen LogP contribution in [0.3, 0.4) is 0 Å². The Morgan fingerprint density at radius 3 is 2.19 bits per heavy atom. The molecule has 1 unspecified atom stereocenters. The van der Waals surface area contributed by atoms with Gasteiger partial charge in [0.15, 0.2) is 0 Å². The Labute approximate surface area is 212 Å². The zero-order valence-corrected chi connectivity index (χ0v) is 21.0. The lowest BCUT2D eigenvalue weighted by Crippen LogP contribution is -2.52. The molecular formula is C26H24F3N3O4S. The van der Waals surface area contributed by atoms with Crippen molar-refractivity contribution in [3.8, 4) is 0 Å². The highest BCUT2D eigenvalue weighted by molar-refractivity contribution is 7.93. The Bertz CT molecular complexity index is 1460. The van der Waals surface area contributed by atoms with E-state index in [0.717, 1.165) is 34.1 Å². The molecule has 0 saturated carbocycles. The van der Waals surface area contributed by atoms with Gasteiger partial charge in [0.2, 0.25) is 11.8 Å². The second-order valence-corrected chi connectivity index (χ2v) is 10.6. The molecule has 37 heavy (non-hydrogen) atoms. The van der Waals surface area contributed by atoms with E-state index in [-0.39, 0.29) is 22.0 Å². The van der Waals surface area contributed by atoms with Crippen LogP contribution < -0.4 is 14.9 Å². The third kappa shape index (κ3) is 5.17. The summed E-state index contributed by atoms with van der Waals surface area (Å²) in [7, 11) is -4.31. The van der Waals surface area contributed by atoms with Crippen molar-refractivity contribution < 1.29 is 31.2 Å². The molecule has 0 bridgehead atoms. The van der Waals surface area contributed by atoms with Crippen molar-refractivity contribution in [2.45, 2.75) is 44.3 Å². The molecule has 1 aliphatic rings. The normalized spacial score (nSPS) is 15.7. The molecule has 3 aromatic rings. The number of sulfonamides is 1. The van der Waals surface area contributed by atoms with E-state index in [1.54, 1.807) is 44.2 Å². The maximum absolute atomic E-state index is 14.0. The van der Waals surface area contributed by atoms with Crippen molar-refractivity contribution in [1.29, 1.82) is 0 Å². The Balaban J connectivity index is 1.71. The van der Waals surface area contributed by atoms with Crippen molar-refractivity contribution >= 4 is 38.9 Å². The number of nitrogens with zero attached hydrogens (tertiary/aromatic N) is 1. The van der Waals surface area contributed by atoms with Crippen LogP contribution in [0.15, 0.2) is 65.6 Å². The van der Waals surface area contributed by atoms with Gasteiger partial charge in [-0.25, -0.2) is 8.42 Å². The molecule has 194 valence electrons. The number of rotatable bonds is 5. The van der Waals surface area contributed by atoms with Crippen molar-refractivity contribution in [2.75, 3.05) is 14.9 Å². The fourth-order valence-corrected chi connectivity index (χ4v) is 6.59. The molecule has 11 heteroatoms. The highest BCUT2D eigenvalue weighted by atomic mass is 32.2. The summed E-state index contributed by atoms with van der Waals surface area (Å²) in [5.41, 5.74) is 1.54. The molecule has 2 amide bonds. The molecule has 7 nitrogen and oxygen atoms in total. The van der Waals surface area contributed by atoms with Crippen molar-refractivity contribution in [2.24, 2.45) is 0 Å². The quantitative estimate of drug-likeness (QED) is 0.475. The zero-order valence-electron chi connectivity index (χ0n) is 20.2. The molecule has 0 aromatic heterocycles. The summed E-state index contributed by atoms with van der Waals surface area (Å²) in [5.74, 6) is -1.44. The summed E-state index contributed by atoms with van der Waals surface area (Å²) in [6.45, 7) is 5.17. The van der Waals surface area contributed by atoms with Crippen LogP contribution in [0.4, 0.5) is 30.2 Å². The van der Waals surface area contributed by atoms with Crippen molar-refractivity contribution in [3.63, 3.8) is 0 Å². The number of hydrogen-bond donors (Lipinski definition) is 2.